The first-order valence-corrected chi connectivity index (χ1v) is 14.2. The van der Waals surface area contributed by atoms with E-state index < -0.39 is 51.2 Å². The maximum absolute atomic E-state index is 13.7. The number of alkyl halides is 1. The molecule has 1 spiro atoms. The van der Waals surface area contributed by atoms with E-state index in [2.05, 4.69) is 5.32 Å². The number of ether oxygens (including phenoxy) is 2. The van der Waals surface area contributed by atoms with Gasteiger partial charge in [-0.15, -0.1) is 11.6 Å². The van der Waals surface area contributed by atoms with Crippen LogP contribution < -0.4 is 14.8 Å². The minimum absolute atomic E-state index is 0.105. The zero-order valence-electron chi connectivity index (χ0n) is 17.8. The number of fused-ring (bicyclic) bond motifs is 5. The van der Waals surface area contributed by atoms with Crippen molar-refractivity contribution < 1.29 is 39.2 Å². The van der Waals surface area contributed by atoms with Crippen molar-refractivity contribution in [2.24, 2.45) is 0 Å². The molecular formula is C20H21ClN2O8S3. The summed E-state index contributed by atoms with van der Waals surface area (Å²) in [6, 6.07) is 2.11. The topological polar surface area (TPSA) is 138 Å². The van der Waals surface area contributed by atoms with Crippen molar-refractivity contribution in [1.29, 1.82) is 0 Å². The van der Waals surface area contributed by atoms with E-state index in [1.165, 1.54) is 47.0 Å². The molecule has 2 bridgehead atoms. The molecule has 4 N–H and O–H groups in total. The average molecular weight is 549 g/mol. The van der Waals surface area contributed by atoms with Crippen molar-refractivity contribution in [2.45, 2.75) is 45.8 Å². The summed E-state index contributed by atoms with van der Waals surface area (Å²) in [6.45, 7) is 0. The van der Waals surface area contributed by atoms with Crippen LogP contribution in [0.5, 0.6) is 17.2 Å². The van der Waals surface area contributed by atoms with Crippen LogP contribution in [0, 0.1) is 0 Å². The third kappa shape index (κ3) is 3.32. The molecule has 34 heavy (non-hydrogen) atoms. The van der Waals surface area contributed by atoms with Gasteiger partial charge in [-0.05, 0) is 26.7 Å². The number of nitrogens with zero attached hydrogens (tertiary/aromatic N) is 1. The largest absolute Gasteiger partial charge is 0.504 e. The fourth-order valence-electron chi connectivity index (χ4n) is 4.65. The van der Waals surface area contributed by atoms with Crippen LogP contribution in [-0.2, 0) is 14.4 Å². The molecule has 2 amide bonds. The summed E-state index contributed by atoms with van der Waals surface area (Å²) in [6.07, 6.45) is 0.137. The lowest BCUT2D eigenvalue weighted by molar-refractivity contribution is -0.313. The summed E-state index contributed by atoms with van der Waals surface area (Å²) in [5.41, 5.74) is -1.42. The number of aliphatic hydroxyl groups excluding tert-OH is 1. The molecule has 14 heteroatoms. The van der Waals surface area contributed by atoms with Gasteiger partial charge in [0.1, 0.15) is 23.9 Å². The lowest BCUT2D eigenvalue weighted by atomic mass is 9.77. The van der Waals surface area contributed by atoms with E-state index in [0.29, 0.717) is 11.3 Å². The number of methoxy groups -OCH3 is 2. The molecule has 4 fully saturated rings. The Balaban J connectivity index is 1.56. The van der Waals surface area contributed by atoms with Crippen molar-refractivity contribution in [3.8, 4) is 17.2 Å². The van der Waals surface area contributed by atoms with Crippen LogP contribution in [0.2, 0.25) is 0 Å². The van der Waals surface area contributed by atoms with Gasteiger partial charge in [0.2, 0.25) is 10.6 Å². The second kappa shape index (κ2) is 8.57. The van der Waals surface area contributed by atoms with Crippen molar-refractivity contribution in [3.05, 3.63) is 29.8 Å². The number of aromatic hydroxyl groups is 1. The Bertz CT molecular complexity index is 1080. The first-order chi connectivity index (χ1) is 16.2. The first kappa shape index (κ1) is 24.2. The average Bonchev–Trinajstić information content (AvgIpc) is 2.80. The number of carbonyl (C=O) groups is 2. The normalized spacial score (nSPS) is 39.0. The Morgan fingerprint density at radius 2 is 2.03 bits per heavy atom. The van der Waals surface area contributed by atoms with Crippen LogP contribution in [0.3, 0.4) is 0 Å². The van der Waals surface area contributed by atoms with Crippen LogP contribution in [0.4, 0.5) is 0 Å². The van der Waals surface area contributed by atoms with Crippen LogP contribution in [0.1, 0.15) is 17.2 Å². The molecule has 1 unspecified atom stereocenters. The smallest absolute Gasteiger partial charge is 0.272 e. The highest BCUT2D eigenvalue weighted by molar-refractivity contribution is 9.09. The standard InChI is InChI=1S/C20H21ClN2O8S3/c1-29-10-5-3-8(13(25)14(10)30-2)15-12-17(26)23-20(18(27)22-12,33-34-32-15)7-19(28)11(21)6-4-9(24)16(19)31-23/h3-6,9,11-12,15-16,24-25,28H,7H2,1-2H3,(H,22,27)/t9-,11-,12-,15?,16+,19+,20-/m1/s1. The Morgan fingerprint density at radius 1 is 1.26 bits per heavy atom. The van der Waals surface area contributed by atoms with Crippen molar-refractivity contribution in [1.82, 2.24) is 10.4 Å². The second-order valence-electron chi connectivity index (χ2n) is 8.25. The van der Waals surface area contributed by atoms with Crippen LogP contribution in [-0.4, -0.2) is 80.5 Å². The molecule has 4 saturated heterocycles. The van der Waals surface area contributed by atoms with Crippen LogP contribution in [0.15, 0.2) is 24.3 Å². The van der Waals surface area contributed by atoms with Crippen LogP contribution >= 0.6 is 43.0 Å². The fourth-order valence-corrected chi connectivity index (χ4v) is 10.5. The van der Waals surface area contributed by atoms with E-state index in [1.54, 1.807) is 12.1 Å². The Morgan fingerprint density at radius 3 is 2.74 bits per heavy atom. The molecule has 10 nitrogen and oxygen atoms in total. The number of benzene rings is 1. The molecule has 7 atom stereocenters. The van der Waals surface area contributed by atoms with E-state index >= 15 is 0 Å². The monoisotopic (exact) mass is 548 g/mol. The molecule has 1 aromatic rings. The summed E-state index contributed by atoms with van der Waals surface area (Å²) < 4.78 is 10.5. The number of phenolic OH excluding ortho intramolecular Hbond substituents is 1. The summed E-state index contributed by atoms with van der Waals surface area (Å²) in [7, 11) is 6.37. The maximum Gasteiger partial charge on any atom is 0.272 e. The molecule has 0 aromatic heterocycles. The van der Waals surface area contributed by atoms with Gasteiger partial charge < -0.3 is 30.1 Å². The number of halogens is 1. The molecule has 4 heterocycles. The van der Waals surface area contributed by atoms with Gasteiger partial charge in [-0.2, -0.15) is 5.06 Å². The molecule has 5 aliphatic rings. The molecular weight excluding hydrogens is 528 g/mol. The van der Waals surface area contributed by atoms with Gasteiger partial charge in [0.05, 0.1) is 24.8 Å². The zero-order chi connectivity index (χ0) is 24.4. The second-order valence-corrected chi connectivity index (χ2v) is 13.1. The van der Waals surface area contributed by atoms with Gasteiger partial charge in [-0.25, -0.2) is 0 Å². The van der Waals surface area contributed by atoms with Gasteiger partial charge in [0.25, 0.3) is 11.8 Å². The third-order valence-electron chi connectivity index (χ3n) is 6.41. The number of carbonyl (C=O) groups excluding carboxylic acids is 2. The number of rotatable bonds is 3. The number of hydrogen-bond donors (Lipinski definition) is 4. The molecule has 1 aliphatic carbocycles. The maximum atomic E-state index is 13.7. The quantitative estimate of drug-likeness (QED) is 0.248. The molecule has 4 aliphatic heterocycles. The summed E-state index contributed by atoms with van der Waals surface area (Å²) in [4.78, 5) is 31.4. The van der Waals surface area contributed by atoms with Gasteiger partial charge in [-0.3, -0.25) is 14.4 Å². The number of piperazine rings is 1. The van der Waals surface area contributed by atoms with Gasteiger partial charge in [0, 0.05) is 12.0 Å². The molecule has 1 aromatic carbocycles. The molecule has 184 valence electrons. The fraction of sp³-hybridized carbons (Fsp3) is 0.500. The lowest BCUT2D eigenvalue weighted by Gasteiger charge is -2.58. The molecule has 0 saturated carbocycles. The predicted molar refractivity (Wildman–Crippen MR) is 127 cm³/mol. The number of aliphatic hydroxyl groups is 2. The number of hydroxylamine groups is 2. The van der Waals surface area contributed by atoms with E-state index in [1.807, 2.05) is 0 Å². The van der Waals surface area contributed by atoms with Crippen molar-refractivity contribution in [2.75, 3.05) is 14.2 Å². The Labute approximate surface area is 211 Å². The van der Waals surface area contributed by atoms with E-state index in [9.17, 15) is 24.9 Å². The number of amides is 2. The summed E-state index contributed by atoms with van der Waals surface area (Å²) in [5.74, 6) is -0.910. The Kier molecular flexibility index (Phi) is 6.11. The first-order valence-electron chi connectivity index (χ1n) is 10.2. The molecule has 0 radical (unpaired) electrons. The summed E-state index contributed by atoms with van der Waals surface area (Å²) in [5, 5.41) is 34.8. The van der Waals surface area contributed by atoms with Crippen molar-refractivity contribution >= 4 is 54.8 Å². The zero-order valence-corrected chi connectivity index (χ0v) is 21.0. The minimum Gasteiger partial charge on any atom is -0.504 e. The van der Waals surface area contributed by atoms with Crippen molar-refractivity contribution in [3.63, 3.8) is 0 Å². The highest BCUT2D eigenvalue weighted by Crippen LogP contribution is 2.62. The summed E-state index contributed by atoms with van der Waals surface area (Å²) >= 11 is 6.36. The Hall–Kier alpha value is -1.48. The third-order valence-corrected chi connectivity index (χ3v) is 11.8. The number of hydrogen-bond acceptors (Lipinski definition) is 11. The van der Waals surface area contributed by atoms with Gasteiger partial charge >= 0.3 is 0 Å². The highest BCUT2D eigenvalue weighted by atomic mass is 35.5. The van der Waals surface area contributed by atoms with Gasteiger partial charge in [-0.1, -0.05) is 29.0 Å². The number of phenols is 1. The SMILES string of the molecule is COc1ccc(C2SSS[C@@]34C[C@]5(O)[C@H](Cl)C=C[C@@H](O)[C@@H]5ON3C(=O)[C@@H]2NC4=O)c(O)c1OC. The lowest BCUT2D eigenvalue weighted by Crippen LogP contribution is -2.78. The van der Waals surface area contributed by atoms with E-state index in [-0.39, 0.29) is 17.9 Å². The molecule has 6 rings (SSSR count). The van der Waals surface area contributed by atoms with E-state index in [0.717, 1.165) is 15.9 Å². The highest BCUT2D eigenvalue weighted by Gasteiger charge is 2.68. The van der Waals surface area contributed by atoms with Crippen LogP contribution in [0.25, 0.3) is 0 Å². The minimum atomic E-state index is -1.78. The van der Waals surface area contributed by atoms with Gasteiger partial charge in [0.15, 0.2) is 11.5 Å². The number of nitrogens with one attached hydrogen (secondary N) is 1. The van der Waals surface area contributed by atoms with E-state index in [4.69, 9.17) is 25.9 Å². The predicted octanol–water partition coefficient (Wildman–Crippen LogP) is 1.49.